The SMILES string of the molecule is CC(=O)N1CCN(c2c[nH]c3ccccc23)CC1C. The fourth-order valence-corrected chi connectivity index (χ4v) is 2.96. The summed E-state index contributed by atoms with van der Waals surface area (Å²) in [5.74, 6) is 0.172. The first-order valence-corrected chi connectivity index (χ1v) is 6.75. The Balaban J connectivity index is 1.86. The van der Waals surface area contributed by atoms with Gasteiger partial charge in [0.2, 0.25) is 5.91 Å². The summed E-state index contributed by atoms with van der Waals surface area (Å²) in [4.78, 5) is 19.1. The lowest BCUT2D eigenvalue weighted by molar-refractivity contribution is -0.131. The summed E-state index contributed by atoms with van der Waals surface area (Å²) in [6, 6.07) is 8.60. The molecule has 1 aromatic carbocycles. The first kappa shape index (κ1) is 12.1. The molecule has 1 aliphatic heterocycles. The summed E-state index contributed by atoms with van der Waals surface area (Å²) in [6.07, 6.45) is 2.07. The molecule has 0 bridgehead atoms. The molecule has 2 heterocycles. The number of piperazine rings is 1. The van der Waals surface area contributed by atoms with Crippen LogP contribution in [-0.2, 0) is 4.79 Å². The monoisotopic (exact) mass is 257 g/mol. The molecule has 100 valence electrons. The number of rotatable bonds is 1. The van der Waals surface area contributed by atoms with E-state index in [1.165, 1.54) is 16.6 Å². The Morgan fingerprint density at radius 1 is 1.32 bits per heavy atom. The van der Waals surface area contributed by atoms with Crippen LogP contribution in [0.15, 0.2) is 30.5 Å². The minimum Gasteiger partial charge on any atom is -0.366 e. The van der Waals surface area contributed by atoms with Crippen molar-refractivity contribution in [3.8, 4) is 0 Å². The number of amides is 1. The molecule has 1 fully saturated rings. The predicted molar refractivity (Wildman–Crippen MR) is 77.4 cm³/mol. The Kier molecular flexibility index (Phi) is 2.93. The Hall–Kier alpha value is -1.97. The fourth-order valence-electron chi connectivity index (χ4n) is 2.96. The molecule has 1 amide bonds. The van der Waals surface area contributed by atoms with Gasteiger partial charge in [0, 0.05) is 49.7 Å². The number of carbonyl (C=O) groups excluding carboxylic acids is 1. The quantitative estimate of drug-likeness (QED) is 0.851. The number of hydrogen-bond donors (Lipinski definition) is 1. The van der Waals surface area contributed by atoms with Gasteiger partial charge in [-0.15, -0.1) is 0 Å². The van der Waals surface area contributed by atoms with Crippen molar-refractivity contribution < 1.29 is 4.79 Å². The lowest BCUT2D eigenvalue weighted by atomic mass is 10.1. The third kappa shape index (κ3) is 2.07. The van der Waals surface area contributed by atoms with Gasteiger partial charge in [-0.3, -0.25) is 4.79 Å². The van der Waals surface area contributed by atoms with Crippen LogP contribution in [0, 0.1) is 0 Å². The number of H-pyrrole nitrogens is 1. The lowest BCUT2D eigenvalue weighted by Gasteiger charge is -2.40. The molecule has 3 rings (SSSR count). The maximum atomic E-state index is 11.5. The van der Waals surface area contributed by atoms with Gasteiger partial charge in [0.25, 0.3) is 0 Å². The zero-order valence-electron chi connectivity index (χ0n) is 11.4. The van der Waals surface area contributed by atoms with Crippen LogP contribution in [0.1, 0.15) is 13.8 Å². The van der Waals surface area contributed by atoms with Gasteiger partial charge >= 0.3 is 0 Å². The number of aromatic amines is 1. The van der Waals surface area contributed by atoms with E-state index in [-0.39, 0.29) is 11.9 Å². The van der Waals surface area contributed by atoms with Gasteiger partial charge in [-0.25, -0.2) is 0 Å². The maximum absolute atomic E-state index is 11.5. The largest absolute Gasteiger partial charge is 0.366 e. The van der Waals surface area contributed by atoms with Crippen molar-refractivity contribution >= 4 is 22.5 Å². The van der Waals surface area contributed by atoms with Crippen molar-refractivity contribution in [1.82, 2.24) is 9.88 Å². The fraction of sp³-hybridized carbons (Fsp3) is 0.400. The minimum atomic E-state index is 0.172. The van der Waals surface area contributed by atoms with E-state index >= 15 is 0 Å². The molecule has 0 aliphatic carbocycles. The van der Waals surface area contributed by atoms with Crippen molar-refractivity contribution in [3.63, 3.8) is 0 Å². The molecule has 1 unspecified atom stereocenters. The number of para-hydroxylation sites is 1. The number of hydrogen-bond acceptors (Lipinski definition) is 2. The minimum absolute atomic E-state index is 0.172. The number of nitrogens with zero attached hydrogens (tertiary/aromatic N) is 2. The molecule has 2 aromatic rings. The van der Waals surface area contributed by atoms with Crippen molar-refractivity contribution in [1.29, 1.82) is 0 Å². The molecular formula is C15H19N3O. The van der Waals surface area contributed by atoms with E-state index < -0.39 is 0 Å². The summed E-state index contributed by atoms with van der Waals surface area (Å²) in [7, 11) is 0. The second-order valence-corrected chi connectivity index (χ2v) is 5.23. The predicted octanol–water partition coefficient (Wildman–Crippen LogP) is 2.22. The van der Waals surface area contributed by atoms with E-state index in [4.69, 9.17) is 0 Å². The molecular weight excluding hydrogens is 238 g/mol. The van der Waals surface area contributed by atoms with E-state index in [1.807, 2.05) is 11.0 Å². The van der Waals surface area contributed by atoms with Gasteiger partial charge in [-0.1, -0.05) is 18.2 Å². The van der Waals surface area contributed by atoms with Gasteiger partial charge < -0.3 is 14.8 Å². The number of carbonyl (C=O) groups is 1. The third-order valence-corrected chi connectivity index (χ3v) is 3.94. The number of anilines is 1. The summed E-state index contributed by atoms with van der Waals surface area (Å²) < 4.78 is 0. The van der Waals surface area contributed by atoms with Crippen LogP contribution < -0.4 is 4.90 Å². The van der Waals surface area contributed by atoms with Crippen molar-refractivity contribution in [2.45, 2.75) is 19.9 Å². The molecule has 4 nitrogen and oxygen atoms in total. The molecule has 19 heavy (non-hydrogen) atoms. The van der Waals surface area contributed by atoms with Crippen molar-refractivity contribution in [3.05, 3.63) is 30.5 Å². The van der Waals surface area contributed by atoms with Crippen LogP contribution in [0.4, 0.5) is 5.69 Å². The normalized spacial score (nSPS) is 20.0. The van der Waals surface area contributed by atoms with E-state index in [2.05, 4.69) is 41.2 Å². The Morgan fingerprint density at radius 2 is 2.11 bits per heavy atom. The second-order valence-electron chi connectivity index (χ2n) is 5.23. The van der Waals surface area contributed by atoms with Crippen molar-refractivity contribution in [2.75, 3.05) is 24.5 Å². The highest BCUT2D eigenvalue weighted by molar-refractivity contribution is 5.93. The van der Waals surface area contributed by atoms with E-state index in [0.29, 0.717) is 0 Å². The van der Waals surface area contributed by atoms with Crippen LogP contribution >= 0.6 is 0 Å². The Bertz CT molecular complexity index is 604. The number of fused-ring (bicyclic) bond motifs is 1. The van der Waals surface area contributed by atoms with Gasteiger partial charge in [0.05, 0.1) is 5.69 Å². The first-order chi connectivity index (χ1) is 9.16. The molecule has 1 atom stereocenters. The zero-order chi connectivity index (χ0) is 13.4. The van der Waals surface area contributed by atoms with Gasteiger partial charge in [-0.2, -0.15) is 0 Å². The highest BCUT2D eigenvalue weighted by Crippen LogP contribution is 2.28. The average molecular weight is 257 g/mol. The smallest absolute Gasteiger partial charge is 0.219 e. The third-order valence-electron chi connectivity index (χ3n) is 3.94. The molecule has 0 spiro atoms. The molecule has 1 N–H and O–H groups in total. The Labute approximate surface area is 113 Å². The summed E-state index contributed by atoms with van der Waals surface area (Å²) in [5, 5.41) is 1.26. The molecule has 0 saturated carbocycles. The van der Waals surface area contributed by atoms with E-state index in [9.17, 15) is 4.79 Å². The van der Waals surface area contributed by atoms with Crippen LogP contribution in [0.3, 0.4) is 0 Å². The summed E-state index contributed by atoms with van der Waals surface area (Å²) in [5.41, 5.74) is 2.41. The Morgan fingerprint density at radius 3 is 2.84 bits per heavy atom. The average Bonchev–Trinajstić information content (AvgIpc) is 2.82. The first-order valence-electron chi connectivity index (χ1n) is 6.75. The maximum Gasteiger partial charge on any atom is 0.219 e. The summed E-state index contributed by atoms with van der Waals surface area (Å²) in [6.45, 7) is 6.35. The second kappa shape index (κ2) is 4.61. The zero-order valence-corrected chi connectivity index (χ0v) is 11.4. The van der Waals surface area contributed by atoms with Gasteiger partial charge in [0.1, 0.15) is 0 Å². The standard InChI is InChI=1S/C15H19N3O/c1-11-10-17(7-8-18(11)12(2)19)15-9-16-14-6-4-3-5-13(14)15/h3-6,9,11,16H,7-8,10H2,1-2H3. The molecule has 0 radical (unpaired) electrons. The van der Waals surface area contributed by atoms with Crippen LogP contribution in [0.25, 0.3) is 10.9 Å². The lowest BCUT2D eigenvalue weighted by Crippen LogP contribution is -2.53. The van der Waals surface area contributed by atoms with Crippen molar-refractivity contribution in [2.24, 2.45) is 0 Å². The number of benzene rings is 1. The number of aromatic nitrogens is 1. The van der Waals surface area contributed by atoms with Crippen LogP contribution in [0.5, 0.6) is 0 Å². The molecule has 1 aromatic heterocycles. The molecule has 4 heteroatoms. The van der Waals surface area contributed by atoms with Crippen LogP contribution in [-0.4, -0.2) is 41.5 Å². The van der Waals surface area contributed by atoms with E-state index in [1.54, 1.807) is 6.92 Å². The topological polar surface area (TPSA) is 39.3 Å². The van der Waals surface area contributed by atoms with Gasteiger partial charge in [0.15, 0.2) is 0 Å². The van der Waals surface area contributed by atoms with Gasteiger partial charge in [-0.05, 0) is 13.0 Å². The molecule has 1 saturated heterocycles. The molecule has 1 aliphatic rings. The highest BCUT2D eigenvalue weighted by Gasteiger charge is 2.26. The van der Waals surface area contributed by atoms with E-state index in [0.717, 1.165) is 19.6 Å². The number of nitrogens with one attached hydrogen (secondary N) is 1. The van der Waals surface area contributed by atoms with Crippen LogP contribution in [0.2, 0.25) is 0 Å². The highest BCUT2D eigenvalue weighted by atomic mass is 16.2. The summed E-state index contributed by atoms with van der Waals surface area (Å²) >= 11 is 0.